The van der Waals surface area contributed by atoms with Crippen molar-refractivity contribution in [3.05, 3.63) is 29.8 Å². The van der Waals surface area contributed by atoms with Crippen LogP contribution in [0.5, 0.6) is 5.75 Å². The number of ether oxygens (including phenoxy) is 1. The summed E-state index contributed by atoms with van der Waals surface area (Å²) in [5.41, 5.74) is 7.85. The topological polar surface area (TPSA) is 60.0 Å². The Morgan fingerprint density at radius 2 is 2.16 bits per heavy atom. The molecule has 0 saturated heterocycles. The first-order chi connectivity index (χ1) is 9.24. The van der Waals surface area contributed by atoms with Crippen molar-refractivity contribution in [2.45, 2.75) is 33.1 Å². The van der Waals surface area contributed by atoms with Crippen LogP contribution in [0.15, 0.2) is 34.5 Å². The van der Waals surface area contributed by atoms with Crippen molar-refractivity contribution in [2.75, 3.05) is 6.61 Å². The highest BCUT2D eigenvalue weighted by Crippen LogP contribution is 2.23. The van der Waals surface area contributed by atoms with Crippen LogP contribution in [-0.4, -0.2) is 18.2 Å². The van der Waals surface area contributed by atoms with Gasteiger partial charge in [-0.3, -0.25) is 0 Å². The van der Waals surface area contributed by atoms with Crippen molar-refractivity contribution < 1.29 is 4.74 Å². The zero-order valence-electron chi connectivity index (χ0n) is 11.6. The van der Waals surface area contributed by atoms with E-state index in [2.05, 4.69) is 30.1 Å². The molecular weight excluding hydrogens is 238 g/mol. The number of rotatable bonds is 5. The van der Waals surface area contributed by atoms with Gasteiger partial charge >= 0.3 is 0 Å². The van der Waals surface area contributed by atoms with Gasteiger partial charge in [-0.05, 0) is 25.0 Å². The van der Waals surface area contributed by atoms with Crippen molar-refractivity contribution in [1.82, 2.24) is 0 Å². The van der Waals surface area contributed by atoms with Crippen molar-refractivity contribution >= 4 is 11.5 Å². The van der Waals surface area contributed by atoms with Gasteiger partial charge in [-0.2, -0.15) is 5.10 Å². The lowest BCUT2D eigenvalue weighted by molar-refractivity contribution is 0.317. The van der Waals surface area contributed by atoms with Crippen LogP contribution in [0.2, 0.25) is 0 Å². The molecule has 2 rings (SSSR count). The molecule has 1 aromatic rings. The minimum Gasteiger partial charge on any atom is -0.494 e. The van der Waals surface area contributed by atoms with Crippen LogP contribution in [-0.2, 0) is 0 Å². The molecule has 1 heterocycles. The Morgan fingerprint density at radius 1 is 1.32 bits per heavy atom. The molecule has 2 N–H and O–H groups in total. The van der Waals surface area contributed by atoms with E-state index in [-0.39, 0.29) is 0 Å². The fraction of sp³-hybridized carbons (Fsp3) is 0.467. The lowest BCUT2D eigenvalue weighted by Gasteiger charge is -2.20. The molecule has 0 aliphatic carbocycles. The van der Waals surface area contributed by atoms with E-state index < -0.39 is 0 Å². The third-order valence-electron chi connectivity index (χ3n) is 3.22. The van der Waals surface area contributed by atoms with Gasteiger partial charge in [0.1, 0.15) is 11.6 Å². The van der Waals surface area contributed by atoms with Crippen molar-refractivity contribution in [3.8, 4) is 5.75 Å². The second kappa shape index (κ2) is 6.36. The normalized spacial score (nSPS) is 18.7. The molecule has 1 atom stereocenters. The van der Waals surface area contributed by atoms with Crippen molar-refractivity contribution in [2.24, 2.45) is 21.9 Å². The van der Waals surface area contributed by atoms with E-state index in [4.69, 9.17) is 10.5 Å². The Morgan fingerprint density at radius 3 is 2.89 bits per heavy atom. The number of hydrogen-bond acceptors (Lipinski definition) is 4. The fourth-order valence-electron chi connectivity index (χ4n) is 2.19. The highest BCUT2D eigenvalue weighted by Gasteiger charge is 2.21. The van der Waals surface area contributed by atoms with Gasteiger partial charge in [0.25, 0.3) is 0 Å². The summed E-state index contributed by atoms with van der Waals surface area (Å²) >= 11 is 0. The fourth-order valence-corrected chi connectivity index (χ4v) is 2.19. The van der Waals surface area contributed by atoms with Crippen LogP contribution < -0.4 is 10.5 Å². The zero-order chi connectivity index (χ0) is 13.7. The maximum Gasteiger partial charge on any atom is 0.123 e. The van der Waals surface area contributed by atoms with E-state index >= 15 is 0 Å². The molecule has 102 valence electrons. The molecule has 4 nitrogen and oxygen atoms in total. The molecule has 0 saturated carbocycles. The molecule has 4 heteroatoms. The summed E-state index contributed by atoms with van der Waals surface area (Å²) in [7, 11) is 0. The van der Waals surface area contributed by atoms with Crippen LogP contribution >= 0.6 is 0 Å². The molecular formula is C15H21N3O. The van der Waals surface area contributed by atoms with Gasteiger partial charge in [0.05, 0.1) is 12.3 Å². The lowest BCUT2D eigenvalue weighted by Crippen LogP contribution is -2.26. The predicted molar refractivity (Wildman–Crippen MR) is 78.8 cm³/mol. The van der Waals surface area contributed by atoms with Crippen LogP contribution in [0.1, 0.15) is 38.7 Å². The van der Waals surface area contributed by atoms with Gasteiger partial charge in [-0.25, -0.2) is 0 Å². The maximum absolute atomic E-state index is 5.75. The van der Waals surface area contributed by atoms with E-state index in [9.17, 15) is 0 Å². The van der Waals surface area contributed by atoms with Gasteiger partial charge < -0.3 is 10.5 Å². The number of hydrogen-bond donors (Lipinski definition) is 1. The van der Waals surface area contributed by atoms with Gasteiger partial charge in [0.2, 0.25) is 0 Å². The van der Waals surface area contributed by atoms with Gasteiger partial charge in [-0.15, -0.1) is 5.10 Å². The molecule has 0 fully saturated rings. The summed E-state index contributed by atoms with van der Waals surface area (Å²) in [6, 6.07) is 8.06. The summed E-state index contributed by atoms with van der Waals surface area (Å²) in [6.07, 6.45) is 2.80. The zero-order valence-corrected chi connectivity index (χ0v) is 11.6. The quantitative estimate of drug-likeness (QED) is 0.883. The standard InChI is InChI=1S/C15H21N3O/c1-3-8-19-13-7-5-6-12(9-13)15-11(4-2)10-14(16)17-18-15/h5-7,9,11H,3-4,8,10H2,1-2H3,(H2,16,17). The Bertz CT molecular complexity index is 494. The van der Waals surface area contributed by atoms with Gasteiger partial charge in [0.15, 0.2) is 0 Å². The first-order valence-corrected chi connectivity index (χ1v) is 6.87. The SMILES string of the molecule is CCCOc1cccc(C2=NN=C(N)CC2CC)c1. The molecule has 0 aromatic heterocycles. The summed E-state index contributed by atoms with van der Waals surface area (Å²) < 4.78 is 5.66. The molecule has 1 unspecified atom stereocenters. The second-order valence-electron chi connectivity index (χ2n) is 4.76. The molecule has 1 aliphatic rings. The van der Waals surface area contributed by atoms with E-state index in [1.54, 1.807) is 0 Å². The number of benzene rings is 1. The smallest absolute Gasteiger partial charge is 0.123 e. The summed E-state index contributed by atoms with van der Waals surface area (Å²) in [6.45, 7) is 4.98. The van der Waals surface area contributed by atoms with Crippen LogP contribution in [0.25, 0.3) is 0 Å². The first kappa shape index (κ1) is 13.6. The van der Waals surface area contributed by atoms with Gasteiger partial charge in [0, 0.05) is 17.9 Å². The minimum absolute atomic E-state index is 0.346. The molecule has 19 heavy (non-hydrogen) atoms. The monoisotopic (exact) mass is 259 g/mol. The van der Waals surface area contributed by atoms with Crippen molar-refractivity contribution in [1.29, 1.82) is 0 Å². The Hall–Kier alpha value is -1.84. The predicted octanol–water partition coefficient (Wildman–Crippen LogP) is 2.97. The molecule has 0 bridgehead atoms. The summed E-state index contributed by atoms with van der Waals surface area (Å²) in [5, 5.41) is 8.30. The van der Waals surface area contributed by atoms with Crippen LogP contribution in [0.3, 0.4) is 0 Å². The van der Waals surface area contributed by atoms with E-state index in [0.29, 0.717) is 11.8 Å². The molecule has 0 amide bonds. The van der Waals surface area contributed by atoms with E-state index in [1.165, 1.54) is 0 Å². The number of amidine groups is 1. The number of nitrogens with two attached hydrogens (primary N) is 1. The molecule has 0 spiro atoms. The maximum atomic E-state index is 5.75. The highest BCUT2D eigenvalue weighted by atomic mass is 16.5. The molecule has 1 aromatic carbocycles. The van der Waals surface area contributed by atoms with Crippen molar-refractivity contribution in [3.63, 3.8) is 0 Å². The van der Waals surface area contributed by atoms with Crippen LogP contribution in [0, 0.1) is 5.92 Å². The third kappa shape index (κ3) is 3.34. The average Bonchev–Trinajstić information content (AvgIpc) is 2.45. The van der Waals surface area contributed by atoms with E-state index in [1.807, 2.05) is 18.2 Å². The third-order valence-corrected chi connectivity index (χ3v) is 3.22. The van der Waals surface area contributed by atoms with E-state index in [0.717, 1.165) is 42.9 Å². The largest absolute Gasteiger partial charge is 0.494 e. The van der Waals surface area contributed by atoms with Crippen LogP contribution in [0.4, 0.5) is 0 Å². The lowest BCUT2D eigenvalue weighted by atomic mass is 9.90. The Balaban J connectivity index is 2.25. The summed E-state index contributed by atoms with van der Waals surface area (Å²) in [4.78, 5) is 0. The Kier molecular flexibility index (Phi) is 4.55. The molecule has 1 aliphatic heterocycles. The summed E-state index contributed by atoms with van der Waals surface area (Å²) in [5.74, 6) is 1.85. The second-order valence-corrected chi connectivity index (χ2v) is 4.76. The highest BCUT2D eigenvalue weighted by molar-refractivity contribution is 6.06. The molecule has 0 radical (unpaired) electrons. The minimum atomic E-state index is 0.346. The van der Waals surface area contributed by atoms with Gasteiger partial charge in [-0.1, -0.05) is 26.0 Å². The number of nitrogens with zero attached hydrogens (tertiary/aromatic N) is 2. The average molecular weight is 259 g/mol. The first-order valence-electron chi connectivity index (χ1n) is 6.87. The Labute approximate surface area is 114 Å².